The topological polar surface area (TPSA) is 42.0 Å². The van der Waals surface area contributed by atoms with E-state index in [1.165, 1.54) is 5.56 Å². The molecule has 6 heteroatoms. The van der Waals surface area contributed by atoms with Crippen molar-refractivity contribution in [1.29, 1.82) is 0 Å². The average molecular weight is 406 g/mol. The van der Waals surface area contributed by atoms with Crippen molar-refractivity contribution >= 4 is 22.9 Å². The van der Waals surface area contributed by atoms with Crippen molar-refractivity contribution in [3.8, 4) is 21.8 Å². The molecule has 1 N–H and O–H groups in total. The number of thiazole rings is 1. The minimum atomic E-state index is -0.898. The lowest BCUT2D eigenvalue weighted by Crippen LogP contribution is -2.13. The number of hydrogen-bond acceptors (Lipinski definition) is 3. The van der Waals surface area contributed by atoms with E-state index in [0.717, 1.165) is 34.0 Å². The van der Waals surface area contributed by atoms with Gasteiger partial charge in [0.2, 0.25) is 0 Å². The van der Waals surface area contributed by atoms with Crippen molar-refractivity contribution in [1.82, 2.24) is 4.98 Å². The Morgan fingerprint density at radius 1 is 1.00 bits per heavy atom. The Bertz CT molecular complexity index is 1190. The van der Waals surface area contributed by atoms with Gasteiger partial charge in [-0.05, 0) is 36.8 Å². The molecule has 0 aliphatic heterocycles. The molecule has 29 heavy (non-hydrogen) atoms. The smallest absolute Gasteiger partial charge is 0.258 e. The monoisotopic (exact) mass is 406 g/mol. The van der Waals surface area contributed by atoms with Crippen LogP contribution in [-0.2, 0) is 0 Å². The summed E-state index contributed by atoms with van der Waals surface area (Å²) in [6.45, 7) is 2.05. The predicted octanol–water partition coefficient (Wildman–Crippen LogP) is 6.32. The fourth-order valence-electron chi connectivity index (χ4n) is 2.94. The Morgan fingerprint density at radius 3 is 2.48 bits per heavy atom. The van der Waals surface area contributed by atoms with Gasteiger partial charge in [-0.2, -0.15) is 0 Å². The van der Waals surface area contributed by atoms with Gasteiger partial charge in [-0.1, -0.05) is 36.4 Å². The average Bonchev–Trinajstić information content (AvgIpc) is 3.18. The van der Waals surface area contributed by atoms with Crippen molar-refractivity contribution in [2.75, 3.05) is 5.32 Å². The van der Waals surface area contributed by atoms with Crippen LogP contribution >= 0.6 is 11.3 Å². The first-order chi connectivity index (χ1) is 14.0. The van der Waals surface area contributed by atoms with Gasteiger partial charge in [0, 0.05) is 28.3 Å². The molecule has 0 saturated heterocycles. The zero-order chi connectivity index (χ0) is 20.4. The van der Waals surface area contributed by atoms with Gasteiger partial charge in [0.1, 0.15) is 16.6 Å². The van der Waals surface area contributed by atoms with Gasteiger partial charge in [-0.25, -0.2) is 13.8 Å². The Kier molecular flexibility index (Phi) is 5.18. The summed E-state index contributed by atoms with van der Waals surface area (Å²) in [5.74, 6) is -2.26. The number of amides is 1. The summed E-state index contributed by atoms with van der Waals surface area (Å²) in [6.07, 6.45) is 0. The number of rotatable bonds is 4. The van der Waals surface area contributed by atoms with Gasteiger partial charge in [0.15, 0.2) is 0 Å². The number of nitrogens with zero attached hydrogens (tertiary/aromatic N) is 1. The minimum absolute atomic E-state index is 0.210. The zero-order valence-corrected chi connectivity index (χ0v) is 16.3. The van der Waals surface area contributed by atoms with E-state index >= 15 is 0 Å². The maximum atomic E-state index is 13.8. The molecule has 0 radical (unpaired) electrons. The standard InChI is InChI=1S/C23H16F2N2OS/c1-14-4-2-3-5-18(14)23-27-21(13-29-23)15-6-9-17(10-7-15)26-22(28)19-11-8-16(24)12-20(19)25/h2-13H,1H3,(H,26,28). The Labute approximate surface area is 170 Å². The highest BCUT2D eigenvalue weighted by atomic mass is 32.1. The lowest BCUT2D eigenvalue weighted by molar-refractivity contribution is 0.102. The zero-order valence-electron chi connectivity index (χ0n) is 15.4. The van der Waals surface area contributed by atoms with Gasteiger partial charge >= 0.3 is 0 Å². The van der Waals surface area contributed by atoms with E-state index in [2.05, 4.69) is 18.3 Å². The molecular formula is C23H16F2N2OS. The number of nitrogens with one attached hydrogen (secondary N) is 1. The fraction of sp³-hybridized carbons (Fsp3) is 0.0435. The van der Waals surface area contributed by atoms with E-state index in [-0.39, 0.29) is 5.56 Å². The van der Waals surface area contributed by atoms with Crippen LogP contribution < -0.4 is 5.32 Å². The van der Waals surface area contributed by atoms with Crippen molar-refractivity contribution in [3.05, 3.63) is 94.9 Å². The number of benzene rings is 3. The molecule has 0 aliphatic rings. The molecule has 0 bridgehead atoms. The molecule has 0 fully saturated rings. The normalized spacial score (nSPS) is 10.7. The van der Waals surface area contributed by atoms with Gasteiger partial charge < -0.3 is 5.32 Å². The SMILES string of the molecule is Cc1ccccc1-c1nc(-c2ccc(NC(=O)c3ccc(F)cc3F)cc2)cs1. The van der Waals surface area contributed by atoms with E-state index in [1.54, 1.807) is 23.5 Å². The highest BCUT2D eigenvalue weighted by Crippen LogP contribution is 2.31. The van der Waals surface area contributed by atoms with Crippen LogP contribution in [0.1, 0.15) is 15.9 Å². The molecule has 1 amide bonds. The molecule has 0 spiro atoms. The third-order valence-electron chi connectivity index (χ3n) is 4.49. The van der Waals surface area contributed by atoms with Crippen LogP contribution in [0.3, 0.4) is 0 Å². The van der Waals surface area contributed by atoms with Crippen LogP contribution in [0.2, 0.25) is 0 Å². The third kappa shape index (κ3) is 4.07. The quantitative estimate of drug-likeness (QED) is 0.431. The molecule has 1 aromatic heterocycles. The first kappa shape index (κ1) is 19.0. The van der Waals surface area contributed by atoms with E-state index < -0.39 is 17.5 Å². The Hall–Kier alpha value is -3.38. The van der Waals surface area contributed by atoms with Crippen molar-refractivity contribution in [3.63, 3.8) is 0 Å². The number of aryl methyl sites for hydroxylation is 1. The van der Waals surface area contributed by atoms with Crippen molar-refractivity contribution < 1.29 is 13.6 Å². The van der Waals surface area contributed by atoms with E-state index in [1.807, 2.05) is 35.7 Å². The molecule has 0 unspecified atom stereocenters. The van der Waals surface area contributed by atoms with E-state index in [9.17, 15) is 13.6 Å². The number of aromatic nitrogens is 1. The molecule has 0 aliphatic carbocycles. The van der Waals surface area contributed by atoms with Crippen molar-refractivity contribution in [2.45, 2.75) is 6.92 Å². The largest absolute Gasteiger partial charge is 0.322 e. The molecule has 4 aromatic rings. The number of anilines is 1. The molecule has 3 aromatic carbocycles. The maximum absolute atomic E-state index is 13.8. The fourth-order valence-corrected chi connectivity index (χ4v) is 3.86. The van der Waals surface area contributed by atoms with Crippen LogP contribution in [0.15, 0.2) is 72.1 Å². The summed E-state index contributed by atoms with van der Waals surface area (Å²) in [6, 6.07) is 18.1. The second-order valence-corrected chi connectivity index (χ2v) is 7.37. The lowest BCUT2D eigenvalue weighted by atomic mass is 10.1. The highest BCUT2D eigenvalue weighted by Gasteiger charge is 2.13. The van der Waals surface area contributed by atoms with Crippen LogP contribution in [0.4, 0.5) is 14.5 Å². The summed E-state index contributed by atoms with van der Waals surface area (Å²) >= 11 is 1.57. The van der Waals surface area contributed by atoms with Crippen LogP contribution in [0.25, 0.3) is 21.8 Å². The van der Waals surface area contributed by atoms with Gasteiger partial charge in [-0.3, -0.25) is 4.79 Å². The van der Waals surface area contributed by atoms with E-state index in [0.29, 0.717) is 11.8 Å². The van der Waals surface area contributed by atoms with Gasteiger partial charge in [-0.15, -0.1) is 11.3 Å². The summed E-state index contributed by atoms with van der Waals surface area (Å²) in [4.78, 5) is 16.9. The maximum Gasteiger partial charge on any atom is 0.258 e. The first-order valence-corrected chi connectivity index (χ1v) is 9.77. The molecule has 0 saturated carbocycles. The Balaban J connectivity index is 1.51. The van der Waals surface area contributed by atoms with Crippen LogP contribution in [0.5, 0.6) is 0 Å². The third-order valence-corrected chi connectivity index (χ3v) is 5.37. The lowest BCUT2D eigenvalue weighted by Gasteiger charge is -2.07. The molecule has 4 rings (SSSR count). The molecule has 0 atom stereocenters. The number of carbonyl (C=O) groups is 1. The number of halogens is 2. The summed E-state index contributed by atoms with van der Waals surface area (Å²) < 4.78 is 26.8. The van der Waals surface area contributed by atoms with Crippen LogP contribution in [0, 0.1) is 18.6 Å². The molecular weight excluding hydrogens is 390 g/mol. The van der Waals surface area contributed by atoms with Crippen LogP contribution in [-0.4, -0.2) is 10.9 Å². The van der Waals surface area contributed by atoms with E-state index in [4.69, 9.17) is 4.98 Å². The number of hydrogen-bond donors (Lipinski definition) is 1. The summed E-state index contributed by atoms with van der Waals surface area (Å²) in [5.41, 5.74) is 4.32. The van der Waals surface area contributed by atoms with Gasteiger partial charge in [0.05, 0.1) is 11.3 Å². The molecule has 144 valence electrons. The second-order valence-electron chi connectivity index (χ2n) is 6.51. The minimum Gasteiger partial charge on any atom is -0.322 e. The van der Waals surface area contributed by atoms with Gasteiger partial charge in [0.25, 0.3) is 5.91 Å². The predicted molar refractivity (Wildman–Crippen MR) is 112 cm³/mol. The Morgan fingerprint density at radius 2 is 1.76 bits per heavy atom. The molecule has 3 nitrogen and oxygen atoms in total. The van der Waals surface area contributed by atoms with Crippen molar-refractivity contribution in [2.24, 2.45) is 0 Å². The first-order valence-electron chi connectivity index (χ1n) is 8.89. The summed E-state index contributed by atoms with van der Waals surface area (Å²) in [5, 5.41) is 5.55. The molecule has 1 heterocycles. The summed E-state index contributed by atoms with van der Waals surface area (Å²) in [7, 11) is 0. The highest BCUT2D eigenvalue weighted by molar-refractivity contribution is 7.13. The second kappa shape index (κ2) is 7.93. The number of carbonyl (C=O) groups excluding carboxylic acids is 1.